The number of carbonyl (C=O) groups excluding carboxylic acids is 1. The van der Waals surface area contributed by atoms with Gasteiger partial charge in [0.05, 0.1) is 4.90 Å². The second-order valence-corrected chi connectivity index (χ2v) is 9.71. The van der Waals surface area contributed by atoms with Crippen LogP contribution in [0, 0.1) is 11.6 Å². The molecule has 2 aromatic carbocycles. The number of sulfonamides is 1. The minimum absolute atomic E-state index is 0.0318. The van der Waals surface area contributed by atoms with Gasteiger partial charge in [0, 0.05) is 31.2 Å². The van der Waals surface area contributed by atoms with Crippen LogP contribution in [0.2, 0.25) is 5.02 Å². The lowest BCUT2D eigenvalue weighted by atomic mass is 10.1. The third-order valence-electron chi connectivity index (χ3n) is 4.76. The first kappa shape index (κ1) is 22.5. The van der Waals surface area contributed by atoms with Gasteiger partial charge in [0.15, 0.2) is 17.2 Å². The van der Waals surface area contributed by atoms with E-state index in [1.165, 1.54) is 4.90 Å². The number of benzene rings is 2. The summed E-state index contributed by atoms with van der Waals surface area (Å²) < 4.78 is 58.9. The van der Waals surface area contributed by atoms with Gasteiger partial charge in [-0.3, -0.25) is 4.79 Å². The zero-order valence-electron chi connectivity index (χ0n) is 16.4. The Labute approximate surface area is 179 Å². The number of piperazine rings is 1. The van der Waals surface area contributed by atoms with Crippen molar-refractivity contribution in [3.05, 3.63) is 59.1 Å². The van der Waals surface area contributed by atoms with Crippen molar-refractivity contribution in [3.8, 4) is 5.75 Å². The van der Waals surface area contributed by atoms with E-state index in [0.717, 1.165) is 16.4 Å². The van der Waals surface area contributed by atoms with Crippen LogP contribution in [0.25, 0.3) is 0 Å². The molecule has 0 saturated carbocycles. The topological polar surface area (TPSA) is 66.9 Å². The first-order chi connectivity index (χ1) is 14.0. The van der Waals surface area contributed by atoms with Crippen molar-refractivity contribution >= 4 is 27.5 Å². The summed E-state index contributed by atoms with van der Waals surface area (Å²) in [5, 5.41) is 0.546. The van der Waals surface area contributed by atoms with Gasteiger partial charge in [0.2, 0.25) is 10.0 Å². The number of rotatable bonds is 5. The van der Waals surface area contributed by atoms with Crippen molar-refractivity contribution in [3.63, 3.8) is 0 Å². The summed E-state index contributed by atoms with van der Waals surface area (Å²) in [4.78, 5) is 14.1. The minimum Gasteiger partial charge on any atom is -0.478 e. The molecular weight excluding hydrogens is 438 g/mol. The monoisotopic (exact) mass is 458 g/mol. The van der Waals surface area contributed by atoms with Crippen LogP contribution in [0.4, 0.5) is 8.78 Å². The van der Waals surface area contributed by atoms with Crippen LogP contribution in [0.3, 0.4) is 0 Å². The summed E-state index contributed by atoms with van der Waals surface area (Å²) in [5.74, 6) is -2.15. The molecule has 0 aliphatic carbocycles. The lowest BCUT2D eigenvalue weighted by molar-refractivity contribution is -0.146. The molecule has 1 aliphatic rings. The molecule has 162 valence electrons. The van der Waals surface area contributed by atoms with Crippen molar-refractivity contribution in [2.75, 3.05) is 26.2 Å². The number of ether oxygens (including phenoxy) is 1. The predicted molar refractivity (Wildman–Crippen MR) is 108 cm³/mol. The predicted octanol–water partition coefficient (Wildman–Crippen LogP) is 3.31. The molecule has 1 aliphatic heterocycles. The minimum atomic E-state index is -3.99. The second-order valence-electron chi connectivity index (χ2n) is 7.34. The van der Waals surface area contributed by atoms with E-state index in [1.807, 2.05) is 0 Å². The molecule has 10 heteroatoms. The molecule has 0 bridgehead atoms. The van der Waals surface area contributed by atoms with E-state index in [9.17, 15) is 22.0 Å². The van der Waals surface area contributed by atoms with Gasteiger partial charge >= 0.3 is 0 Å². The van der Waals surface area contributed by atoms with E-state index in [1.54, 1.807) is 38.1 Å². The molecule has 0 unspecified atom stereocenters. The summed E-state index contributed by atoms with van der Waals surface area (Å²) >= 11 is 5.85. The molecule has 0 N–H and O–H groups in total. The maximum Gasteiger partial charge on any atom is 0.266 e. The molecule has 3 rings (SSSR count). The number of amides is 1. The molecular formula is C20H21ClF2N2O4S. The van der Waals surface area contributed by atoms with Crippen molar-refractivity contribution in [1.82, 2.24) is 9.21 Å². The molecule has 1 saturated heterocycles. The van der Waals surface area contributed by atoms with Crippen LogP contribution < -0.4 is 4.74 Å². The van der Waals surface area contributed by atoms with Gasteiger partial charge in [0.1, 0.15) is 5.75 Å². The fraction of sp³-hybridized carbons (Fsp3) is 0.350. The molecule has 1 heterocycles. The lowest BCUT2D eigenvalue weighted by Crippen LogP contribution is -2.56. The quantitative estimate of drug-likeness (QED) is 0.689. The summed E-state index contributed by atoms with van der Waals surface area (Å²) in [6, 6.07) is 9.07. The fourth-order valence-electron chi connectivity index (χ4n) is 3.14. The van der Waals surface area contributed by atoms with Crippen molar-refractivity contribution < 1.29 is 26.7 Å². The highest BCUT2D eigenvalue weighted by Crippen LogP contribution is 2.24. The Kier molecular flexibility index (Phi) is 6.35. The second kappa shape index (κ2) is 8.49. The number of halogens is 3. The molecule has 2 aromatic rings. The van der Waals surface area contributed by atoms with Gasteiger partial charge in [-0.2, -0.15) is 4.31 Å². The highest BCUT2D eigenvalue weighted by Gasteiger charge is 2.38. The van der Waals surface area contributed by atoms with E-state index in [0.29, 0.717) is 16.8 Å². The SMILES string of the molecule is CC(C)(Oc1ccc(Cl)cc1)C(=O)N1CCN(S(=O)(=O)c2ccc(F)c(F)c2)CC1. The lowest BCUT2D eigenvalue weighted by Gasteiger charge is -2.38. The maximum atomic E-state index is 13.4. The van der Waals surface area contributed by atoms with Crippen LogP contribution >= 0.6 is 11.6 Å². The standard InChI is InChI=1S/C20H21ClF2N2O4S/c1-20(2,29-15-5-3-14(21)4-6-15)19(26)24-9-11-25(12-10-24)30(27,28)16-7-8-17(22)18(23)13-16/h3-8,13H,9-12H2,1-2H3. The van der Waals surface area contributed by atoms with Crippen molar-refractivity contribution in [2.24, 2.45) is 0 Å². The smallest absolute Gasteiger partial charge is 0.266 e. The molecule has 1 amide bonds. The summed E-state index contributed by atoms with van der Waals surface area (Å²) in [7, 11) is -3.99. The number of carbonyl (C=O) groups is 1. The Morgan fingerprint density at radius 1 is 1.00 bits per heavy atom. The summed E-state index contributed by atoms with van der Waals surface area (Å²) in [6.07, 6.45) is 0. The molecule has 0 spiro atoms. The normalized spacial score (nSPS) is 15.8. The molecule has 1 fully saturated rings. The van der Waals surface area contributed by atoms with E-state index in [4.69, 9.17) is 16.3 Å². The Hall–Kier alpha value is -2.23. The average molecular weight is 459 g/mol. The highest BCUT2D eigenvalue weighted by molar-refractivity contribution is 7.89. The largest absolute Gasteiger partial charge is 0.478 e. The van der Waals surface area contributed by atoms with Crippen molar-refractivity contribution in [1.29, 1.82) is 0 Å². The fourth-order valence-corrected chi connectivity index (χ4v) is 4.70. The van der Waals surface area contributed by atoms with E-state index in [2.05, 4.69) is 0 Å². The molecule has 30 heavy (non-hydrogen) atoms. The van der Waals surface area contributed by atoms with Crippen LogP contribution in [-0.4, -0.2) is 55.3 Å². The number of hydrogen-bond acceptors (Lipinski definition) is 4. The van der Waals surface area contributed by atoms with Crippen LogP contribution in [0.1, 0.15) is 13.8 Å². The molecule has 0 radical (unpaired) electrons. The summed E-state index contributed by atoms with van der Waals surface area (Å²) in [5.41, 5.74) is -1.17. The highest BCUT2D eigenvalue weighted by atomic mass is 35.5. The van der Waals surface area contributed by atoms with Gasteiger partial charge in [-0.15, -0.1) is 0 Å². The van der Waals surface area contributed by atoms with Gasteiger partial charge in [0.25, 0.3) is 5.91 Å². The maximum absolute atomic E-state index is 13.4. The van der Waals surface area contributed by atoms with Crippen LogP contribution in [0.15, 0.2) is 47.4 Å². The number of hydrogen-bond donors (Lipinski definition) is 0. The molecule has 6 nitrogen and oxygen atoms in total. The Morgan fingerprint density at radius 2 is 1.60 bits per heavy atom. The van der Waals surface area contributed by atoms with Gasteiger partial charge < -0.3 is 9.64 Å². The Balaban J connectivity index is 1.65. The zero-order chi connectivity index (χ0) is 22.1. The average Bonchev–Trinajstić information content (AvgIpc) is 2.71. The molecule has 0 atom stereocenters. The van der Waals surface area contributed by atoms with Crippen LogP contribution in [0.5, 0.6) is 5.75 Å². The third-order valence-corrected chi connectivity index (χ3v) is 6.90. The first-order valence-corrected chi connectivity index (χ1v) is 11.0. The summed E-state index contributed by atoms with van der Waals surface area (Å²) in [6.45, 7) is 3.63. The zero-order valence-corrected chi connectivity index (χ0v) is 18.0. The van der Waals surface area contributed by atoms with Gasteiger partial charge in [-0.05, 0) is 56.3 Å². The first-order valence-electron chi connectivity index (χ1n) is 9.20. The third kappa shape index (κ3) is 4.74. The van der Waals surface area contributed by atoms with E-state index < -0.39 is 27.3 Å². The molecule has 0 aromatic heterocycles. The van der Waals surface area contributed by atoms with Crippen molar-refractivity contribution in [2.45, 2.75) is 24.3 Å². The van der Waals surface area contributed by atoms with Gasteiger partial charge in [-0.25, -0.2) is 17.2 Å². The number of nitrogens with zero attached hydrogens (tertiary/aromatic N) is 2. The van der Waals surface area contributed by atoms with E-state index >= 15 is 0 Å². The van der Waals surface area contributed by atoms with Crippen LogP contribution in [-0.2, 0) is 14.8 Å². The van der Waals surface area contributed by atoms with Gasteiger partial charge in [-0.1, -0.05) is 11.6 Å². The van der Waals surface area contributed by atoms with E-state index in [-0.39, 0.29) is 37.0 Å². The Morgan fingerprint density at radius 3 is 2.17 bits per heavy atom. The Bertz CT molecular complexity index is 1040.